The number of hydrogen-bond donors (Lipinski definition) is 1. The van der Waals surface area contributed by atoms with E-state index in [9.17, 15) is 4.79 Å². The molecule has 2 aromatic rings. The summed E-state index contributed by atoms with van der Waals surface area (Å²) in [6.45, 7) is 5.81. The first-order valence-corrected chi connectivity index (χ1v) is 10.7. The number of carbonyl (C=O) groups is 1. The van der Waals surface area contributed by atoms with Gasteiger partial charge in [0, 0.05) is 44.4 Å². The van der Waals surface area contributed by atoms with Gasteiger partial charge in [0.1, 0.15) is 16.7 Å². The van der Waals surface area contributed by atoms with Crippen LogP contribution in [0.3, 0.4) is 0 Å². The fraction of sp³-hybridized carbons (Fsp3) is 0.455. The third-order valence-corrected chi connectivity index (χ3v) is 5.72. The number of benzene rings is 1. The molecule has 0 spiro atoms. The minimum absolute atomic E-state index is 0.0842. The smallest absolute Gasteiger partial charge is 0.224 e. The summed E-state index contributed by atoms with van der Waals surface area (Å²) in [6, 6.07) is 11.8. The van der Waals surface area contributed by atoms with Gasteiger partial charge >= 0.3 is 0 Å². The van der Waals surface area contributed by atoms with Crippen LogP contribution in [0, 0.1) is 0 Å². The van der Waals surface area contributed by atoms with Crippen molar-refractivity contribution in [2.75, 3.05) is 49.5 Å². The first-order valence-electron chi connectivity index (χ1n) is 10.3. The molecule has 1 fully saturated rings. The quantitative estimate of drug-likeness (QED) is 0.554. The highest BCUT2D eigenvalue weighted by atomic mass is 35.5. The maximum absolute atomic E-state index is 11.5. The Morgan fingerprint density at radius 3 is 2.76 bits per heavy atom. The zero-order valence-electron chi connectivity index (χ0n) is 16.6. The Morgan fingerprint density at radius 1 is 1.07 bits per heavy atom. The molecular formula is C22H27ClN4O2. The highest BCUT2D eigenvalue weighted by Gasteiger charge is 2.18. The van der Waals surface area contributed by atoms with Crippen LogP contribution in [0.4, 0.5) is 11.5 Å². The molecule has 7 heteroatoms. The molecular weight excluding hydrogens is 388 g/mol. The van der Waals surface area contributed by atoms with Gasteiger partial charge in [-0.2, -0.15) is 0 Å². The number of aromatic nitrogens is 1. The summed E-state index contributed by atoms with van der Waals surface area (Å²) in [5, 5.41) is 3.47. The van der Waals surface area contributed by atoms with Gasteiger partial charge in [-0.25, -0.2) is 4.98 Å². The van der Waals surface area contributed by atoms with Gasteiger partial charge in [-0.3, -0.25) is 9.69 Å². The minimum Gasteiger partial charge on any atom is -0.494 e. The fourth-order valence-corrected chi connectivity index (χ4v) is 4.00. The van der Waals surface area contributed by atoms with Crippen molar-refractivity contribution in [1.82, 2.24) is 9.88 Å². The van der Waals surface area contributed by atoms with Gasteiger partial charge in [-0.15, -0.1) is 0 Å². The SMILES string of the molecule is O=C1CCc2ccc(OCCCCN3CCN(c4cccc(Cl)n4)CC3)cc2N1. The van der Waals surface area contributed by atoms with Crippen molar-refractivity contribution in [3.05, 3.63) is 47.1 Å². The highest BCUT2D eigenvalue weighted by Crippen LogP contribution is 2.27. The van der Waals surface area contributed by atoms with E-state index in [0.717, 1.165) is 69.2 Å². The first-order chi connectivity index (χ1) is 14.2. The predicted molar refractivity (Wildman–Crippen MR) is 116 cm³/mol. The number of hydrogen-bond acceptors (Lipinski definition) is 5. The third-order valence-electron chi connectivity index (χ3n) is 5.51. The zero-order valence-corrected chi connectivity index (χ0v) is 17.3. The van der Waals surface area contributed by atoms with E-state index >= 15 is 0 Å². The maximum Gasteiger partial charge on any atom is 0.224 e. The number of nitrogens with zero attached hydrogens (tertiary/aromatic N) is 3. The molecule has 0 unspecified atom stereocenters. The van der Waals surface area contributed by atoms with E-state index in [4.69, 9.17) is 16.3 Å². The van der Waals surface area contributed by atoms with Gasteiger partial charge in [0.15, 0.2) is 0 Å². The molecule has 3 heterocycles. The Labute approximate surface area is 176 Å². The van der Waals surface area contributed by atoms with Crippen molar-refractivity contribution in [1.29, 1.82) is 0 Å². The summed E-state index contributed by atoms with van der Waals surface area (Å²) < 4.78 is 5.88. The largest absolute Gasteiger partial charge is 0.494 e. The molecule has 4 rings (SSSR count). The number of aryl methyl sites for hydroxylation is 1. The van der Waals surface area contributed by atoms with Crippen LogP contribution in [0.2, 0.25) is 5.15 Å². The van der Waals surface area contributed by atoms with Crippen LogP contribution in [-0.2, 0) is 11.2 Å². The standard InChI is InChI=1S/C22H27ClN4O2/c23-20-4-3-5-21(25-20)27-13-11-26(12-14-27)10-1-2-15-29-18-8-6-17-7-9-22(28)24-19(17)16-18/h3-6,8,16H,1-2,7,9-15H2,(H,24,28). The maximum atomic E-state index is 11.5. The Kier molecular flexibility index (Phi) is 6.52. The lowest BCUT2D eigenvalue weighted by molar-refractivity contribution is -0.116. The molecule has 29 heavy (non-hydrogen) atoms. The van der Waals surface area contributed by atoms with Gasteiger partial charge < -0.3 is 15.0 Å². The second-order valence-corrected chi connectivity index (χ2v) is 7.96. The molecule has 2 aliphatic heterocycles. The van der Waals surface area contributed by atoms with E-state index in [2.05, 4.69) is 26.2 Å². The van der Waals surface area contributed by atoms with Crippen molar-refractivity contribution in [3.8, 4) is 5.75 Å². The molecule has 1 aromatic carbocycles. The van der Waals surface area contributed by atoms with E-state index in [1.165, 1.54) is 5.56 Å². The van der Waals surface area contributed by atoms with E-state index in [1.807, 2.05) is 30.3 Å². The average Bonchev–Trinajstić information content (AvgIpc) is 2.73. The number of unbranched alkanes of at least 4 members (excludes halogenated alkanes) is 1. The summed E-state index contributed by atoms with van der Waals surface area (Å²) in [6.07, 6.45) is 3.50. The van der Waals surface area contributed by atoms with Crippen molar-refractivity contribution in [3.63, 3.8) is 0 Å². The summed E-state index contributed by atoms with van der Waals surface area (Å²) in [5.74, 6) is 1.88. The lowest BCUT2D eigenvalue weighted by atomic mass is 10.0. The van der Waals surface area contributed by atoms with Crippen molar-refractivity contribution < 1.29 is 9.53 Å². The predicted octanol–water partition coefficient (Wildman–Crippen LogP) is 3.60. The molecule has 2 aliphatic rings. The lowest BCUT2D eigenvalue weighted by Crippen LogP contribution is -2.46. The molecule has 0 bridgehead atoms. The zero-order chi connectivity index (χ0) is 20.1. The molecule has 0 atom stereocenters. The van der Waals surface area contributed by atoms with Gasteiger partial charge in [-0.05, 0) is 49.6 Å². The number of anilines is 2. The Morgan fingerprint density at radius 2 is 1.93 bits per heavy atom. The molecule has 1 aromatic heterocycles. The summed E-state index contributed by atoms with van der Waals surface area (Å²) in [4.78, 5) is 20.7. The number of ether oxygens (including phenoxy) is 1. The number of piperazine rings is 1. The number of amides is 1. The molecule has 1 amide bonds. The average molecular weight is 415 g/mol. The van der Waals surface area contributed by atoms with Gasteiger partial charge in [0.05, 0.1) is 6.61 Å². The number of rotatable bonds is 7. The lowest BCUT2D eigenvalue weighted by Gasteiger charge is -2.35. The Balaban J connectivity index is 1.14. The van der Waals surface area contributed by atoms with Crippen LogP contribution >= 0.6 is 11.6 Å². The summed E-state index contributed by atoms with van der Waals surface area (Å²) in [7, 11) is 0. The Bertz CT molecular complexity index is 852. The monoisotopic (exact) mass is 414 g/mol. The van der Waals surface area contributed by atoms with E-state index in [-0.39, 0.29) is 5.91 Å². The molecule has 154 valence electrons. The number of halogens is 1. The van der Waals surface area contributed by atoms with Crippen LogP contribution in [0.25, 0.3) is 0 Å². The first kappa shape index (κ1) is 20.0. The van der Waals surface area contributed by atoms with E-state index in [1.54, 1.807) is 0 Å². The van der Waals surface area contributed by atoms with E-state index in [0.29, 0.717) is 18.2 Å². The second kappa shape index (κ2) is 9.46. The van der Waals surface area contributed by atoms with Crippen LogP contribution in [0.1, 0.15) is 24.8 Å². The molecule has 1 saturated heterocycles. The number of pyridine rings is 1. The van der Waals surface area contributed by atoms with Crippen molar-refractivity contribution in [2.24, 2.45) is 0 Å². The normalized spacial score (nSPS) is 17.0. The number of fused-ring (bicyclic) bond motifs is 1. The van der Waals surface area contributed by atoms with Gasteiger partial charge in [0.25, 0.3) is 0 Å². The molecule has 0 radical (unpaired) electrons. The van der Waals surface area contributed by atoms with Crippen LogP contribution in [0.5, 0.6) is 5.75 Å². The molecule has 0 aliphatic carbocycles. The Hall–Kier alpha value is -2.31. The van der Waals surface area contributed by atoms with Crippen LogP contribution < -0.4 is 15.0 Å². The third kappa shape index (κ3) is 5.40. The molecule has 0 saturated carbocycles. The number of carbonyl (C=O) groups excluding carboxylic acids is 1. The fourth-order valence-electron chi connectivity index (χ4n) is 3.84. The van der Waals surface area contributed by atoms with Crippen LogP contribution in [-0.4, -0.2) is 55.1 Å². The summed E-state index contributed by atoms with van der Waals surface area (Å²) >= 11 is 6.00. The number of nitrogens with one attached hydrogen (secondary N) is 1. The van der Waals surface area contributed by atoms with Gasteiger partial charge in [-0.1, -0.05) is 23.7 Å². The molecule has 6 nitrogen and oxygen atoms in total. The van der Waals surface area contributed by atoms with Crippen molar-refractivity contribution in [2.45, 2.75) is 25.7 Å². The summed E-state index contributed by atoms with van der Waals surface area (Å²) in [5.41, 5.74) is 2.08. The second-order valence-electron chi connectivity index (χ2n) is 7.57. The van der Waals surface area contributed by atoms with E-state index < -0.39 is 0 Å². The minimum atomic E-state index is 0.0842. The van der Waals surface area contributed by atoms with Gasteiger partial charge in [0.2, 0.25) is 5.91 Å². The highest BCUT2D eigenvalue weighted by molar-refractivity contribution is 6.29. The van der Waals surface area contributed by atoms with Crippen LogP contribution in [0.15, 0.2) is 36.4 Å². The topological polar surface area (TPSA) is 57.7 Å². The molecule has 1 N–H and O–H groups in total. The van der Waals surface area contributed by atoms with Crippen molar-refractivity contribution >= 4 is 29.0 Å².